The van der Waals surface area contributed by atoms with Crippen molar-refractivity contribution in [2.24, 2.45) is 0 Å². The zero-order valence-electron chi connectivity index (χ0n) is 20.0. The van der Waals surface area contributed by atoms with Crippen LogP contribution in [0.3, 0.4) is 0 Å². The summed E-state index contributed by atoms with van der Waals surface area (Å²) in [5.41, 5.74) is 10.9. The second-order valence-corrected chi connectivity index (χ2v) is 9.78. The number of aromatic nitrogens is 1. The normalized spacial score (nSPS) is 11.4. The highest BCUT2D eigenvalue weighted by Crippen LogP contribution is 2.31. The Morgan fingerprint density at radius 2 is 0.912 bits per heavy atom. The first-order valence-electron chi connectivity index (χ1n) is 11.8. The van der Waals surface area contributed by atoms with Crippen LogP contribution in [0.25, 0.3) is 44.6 Å². The van der Waals surface area contributed by atoms with Crippen molar-refractivity contribution in [3.8, 4) is 44.6 Å². The molecule has 1 nitrogen and oxygen atoms in total. The van der Waals surface area contributed by atoms with Crippen molar-refractivity contribution < 1.29 is 0 Å². The topological polar surface area (TPSA) is 12.9 Å². The fourth-order valence-corrected chi connectivity index (χ4v) is 4.25. The van der Waals surface area contributed by atoms with Crippen molar-refractivity contribution in [1.82, 2.24) is 4.98 Å². The predicted octanol–water partition coefficient (Wildman–Crippen LogP) is 9.05. The number of pyridine rings is 1. The molecule has 34 heavy (non-hydrogen) atoms. The molecule has 0 unspecified atom stereocenters. The van der Waals surface area contributed by atoms with Crippen LogP contribution >= 0.6 is 0 Å². The average molecular weight is 440 g/mol. The van der Waals surface area contributed by atoms with Gasteiger partial charge in [0.15, 0.2) is 0 Å². The number of nitrogens with zero attached hydrogens (tertiary/aromatic N) is 1. The van der Waals surface area contributed by atoms with Crippen molar-refractivity contribution in [3.05, 3.63) is 127 Å². The molecule has 4 aromatic carbocycles. The van der Waals surface area contributed by atoms with Gasteiger partial charge in [0.1, 0.15) is 0 Å². The van der Waals surface area contributed by atoms with Crippen molar-refractivity contribution >= 4 is 0 Å². The molecule has 0 fully saturated rings. The first kappa shape index (κ1) is 21.9. The Kier molecular flexibility index (Phi) is 5.86. The first-order valence-corrected chi connectivity index (χ1v) is 11.8. The number of rotatable bonds is 4. The lowest BCUT2D eigenvalue weighted by molar-refractivity contribution is 0.589. The van der Waals surface area contributed by atoms with Crippen molar-refractivity contribution in [2.75, 3.05) is 0 Å². The molecule has 0 saturated carbocycles. The van der Waals surface area contributed by atoms with Gasteiger partial charge in [0, 0.05) is 11.8 Å². The van der Waals surface area contributed by atoms with E-state index in [0.29, 0.717) is 0 Å². The Morgan fingerprint density at radius 1 is 0.441 bits per heavy atom. The molecular weight excluding hydrogens is 410 g/mol. The second kappa shape index (κ2) is 9.11. The highest BCUT2D eigenvalue weighted by atomic mass is 14.7. The Hall–Kier alpha value is -3.97. The Bertz CT molecular complexity index is 1390. The lowest BCUT2D eigenvalue weighted by atomic mass is 9.87. The first-order chi connectivity index (χ1) is 16.5. The molecule has 0 aliphatic carbocycles. The number of hydrogen-bond acceptors (Lipinski definition) is 1. The molecule has 0 saturated heterocycles. The van der Waals surface area contributed by atoms with Gasteiger partial charge in [0.05, 0.1) is 5.69 Å². The third-order valence-corrected chi connectivity index (χ3v) is 6.33. The summed E-state index contributed by atoms with van der Waals surface area (Å²) in [5, 5.41) is 0. The van der Waals surface area contributed by atoms with E-state index < -0.39 is 0 Å². The summed E-state index contributed by atoms with van der Waals surface area (Å²) in [7, 11) is 0. The van der Waals surface area contributed by atoms with E-state index >= 15 is 0 Å². The van der Waals surface area contributed by atoms with Gasteiger partial charge in [-0.15, -0.1) is 0 Å². The monoisotopic (exact) mass is 439 g/mol. The molecule has 0 atom stereocenters. The summed E-state index contributed by atoms with van der Waals surface area (Å²) in [6, 6.07) is 41.1. The van der Waals surface area contributed by atoms with Crippen LogP contribution in [0.5, 0.6) is 0 Å². The van der Waals surface area contributed by atoms with Gasteiger partial charge < -0.3 is 0 Å². The molecule has 5 aromatic rings. The van der Waals surface area contributed by atoms with Crippen molar-refractivity contribution in [2.45, 2.75) is 26.2 Å². The molecule has 0 bridgehead atoms. The number of benzene rings is 4. The van der Waals surface area contributed by atoms with E-state index in [1.54, 1.807) is 0 Å². The fourth-order valence-electron chi connectivity index (χ4n) is 4.25. The molecular formula is C33H29N. The van der Waals surface area contributed by atoms with Crippen LogP contribution in [-0.4, -0.2) is 4.98 Å². The Morgan fingerprint density at radius 3 is 1.47 bits per heavy atom. The zero-order chi connectivity index (χ0) is 23.5. The lowest BCUT2D eigenvalue weighted by Gasteiger charge is -2.19. The Balaban J connectivity index is 1.39. The summed E-state index contributed by atoms with van der Waals surface area (Å²) >= 11 is 0. The zero-order valence-corrected chi connectivity index (χ0v) is 20.0. The molecule has 0 aliphatic rings. The smallest absolute Gasteiger partial charge is 0.0705 e. The van der Waals surface area contributed by atoms with Gasteiger partial charge >= 0.3 is 0 Å². The summed E-state index contributed by atoms with van der Waals surface area (Å²) in [4.78, 5) is 4.64. The van der Waals surface area contributed by atoms with Crippen LogP contribution in [0, 0.1) is 0 Å². The molecule has 1 heteroatoms. The maximum absolute atomic E-state index is 4.64. The number of hydrogen-bond donors (Lipinski definition) is 0. The van der Waals surface area contributed by atoms with E-state index in [4.69, 9.17) is 0 Å². The summed E-state index contributed by atoms with van der Waals surface area (Å²) in [6.45, 7) is 6.71. The van der Waals surface area contributed by atoms with Crippen LogP contribution in [-0.2, 0) is 5.41 Å². The molecule has 0 radical (unpaired) electrons. The minimum absolute atomic E-state index is 0.102. The summed E-state index contributed by atoms with van der Waals surface area (Å²) < 4.78 is 0. The SMILES string of the molecule is CC(C)(C)c1ccnc(-c2cccc(-c3ccc(-c4ccc(-c5ccccc5)cc4)cc3)c2)c1. The lowest BCUT2D eigenvalue weighted by Crippen LogP contribution is -2.11. The van der Waals surface area contributed by atoms with Gasteiger partial charge in [-0.1, -0.05) is 118 Å². The predicted molar refractivity (Wildman–Crippen MR) is 145 cm³/mol. The van der Waals surface area contributed by atoms with Gasteiger partial charge in [-0.05, 0) is 62.6 Å². The quantitative estimate of drug-likeness (QED) is 0.272. The molecule has 166 valence electrons. The standard InChI is InChI=1S/C33H29N/c1-33(2,3)31-20-21-34-32(23-31)30-11-7-10-29(22-30)28-18-16-27(17-19-28)26-14-12-25(13-15-26)24-8-5-4-6-9-24/h4-23H,1-3H3. The van der Waals surface area contributed by atoms with Crippen LogP contribution < -0.4 is 0 Å². The Labute approximate surface area is 202 Å². The van der Waals surface area contributed by atoms with E-state index in [1.165, 1.54) is 38.9 Å². The maximum Gasteiger partial charge on any atom is 0.0705 e. The minimum Gasteiger partial charge on any atom is -0.256 e. The highest BCUT2D eigenvalue weighted by Gasteiger charge is 2.14. The third kappa shape index (κ3) is 4.70. The van der Waals surface area contributed by atoms with E-state index in [1.807, 2.05) is 6.20 Å². The summed E-state index contributed by atoms with van der Waals surface area (Å²) in [6.07, 6.45) is 1.92. The van der Waals surface area contributed by atoms with Crippen LogP contribution in [0.2, 0.25) is 0 Å². The third-order valence-electron chi connectivity index (χ3n) is 6.33. The van der Waals surface area contributed by atoms with Crippen LogP contribution in [0.1, 0.15) is 26.3 Å². The summed E-state index contributed by atoms with van der Waals surface area (Å²) in [5.74, 6) is 0. The molecule has 0 amide bonds. The van der Waals surface area contributed by atoms with Gasteiger partial charge in [-0.25, -0.2) is 0 Å². The van der Waals surface area contributed by atoms with E-state index in [2.05, 4.69) is 141 Å². The van der Waals surface area contributed by atoms with Crippen molar-refractivity contribution in [3.63, 3.8) is 0 Å². The largest absolute Gasteiger partial charge is 0.256 e. The fraction of sp³-hybridized carbons (Fsp3) is 0.121. The van der Waals surface area contributed by atoms with E-state index in [-0.39, 0.29) is 5.41 Å². The molecule has 0 spiro atoms. The molecule has 1 heterocycles. The van der Waals surface area contributed by atoms with Crippen molar-refractivity contribution in [1.29, 1.82) is 0 Å². The van der Waals surface area contributed by atoms with Gasteiger partial charge in [-0.3, -0.25) is 4.98 Å². The molecule has 5 rings (SSSR count). The molecule has 1 aromatic heterocycles. The average Bonchev–Trinajstić information content (AvgIpc) is 2.89. The van der Waals surface area contributed by atoms with Gasteiger partial charge in [-0.2, -0.15) is 0 Å². The second-order valence-electron chi connectivity index (χ2n) is 9.78. The highest BCUT2D eigenvalue weighted by molar-refractivity contribution is 5.75. The molecule has 0 N–H and O–H groups in total. The van der Waals surface area contributed by atoms with Gasteiger partial charge in [0.2, 0.25) is 0 Å². The van der Waals surface area contributed by atoms with Crippen LogP contribution in [0.4, 0.5) is 0 Å². The minimum atomic E-state index is 0.102. The van der Waals surface area contributed by atoms with Gasteiger partial charge in [0.25, 0.3) is 0 Å². The van der Waals surface area contributed by atoms with E-state index in [9.17, 15) is 0 Å². The maximum atomic E-state index is 4.64. The van der Waals surface area contributed by atoms with Crippen LogP contribution in [0.15, 0.2) is 121 Å². The van der Waals surface area contributed by atoms with E-state index in [0.717, 1.165) is 11.3 Å². The molecule has 0 aliphatic heterocycles.